The first kappa shape index (κ1) is 32.7. The van der Waals surface area contributed by atoms with Gasteiger partial charge >= 0.3 is 0 Å². The Hall–Kier alpha value is -5.27. The van der Waals surface area contributed by atoms with Gasteiger partial charge in [0.1, 0.15) is 5.82 Å². The molecule has 3 aromatic carbocycles. The molecule has 8 nitrogen and oxygen atoms in total. The van der Waals surface area contributed by atoms with Crippen LogP contribution in [0, 0.1) is 23.5 Å². The van der Waals surface area contributed by atoms with Crippen molar-refractivity contribution in [2.45, 2.75) is 44.7 Å². The largest absolute Gasteiger partial charge is 0.372 e. The van der Waals surface area contributed by atoms with E-state index < -0.39 is 17.2 Å². The van der Waals surface area contributed by atoms with Crippen LogP contribution in [-0.2, 0) is 13.0 Å². The van der Waals surface area contributed by atoms with E-state index in [1.807, 2.05) is 24.4 Å². The number of carbonyl (C=O) groups excluding carboxylic acids is 1. The van der Waals surface area contributed by atoms with Crippen molar-refractivity contribution < 1.29 is 13.6 Å². The zero-order valence-electron chi connectivity index (χ0n) is 27.0. The quantitative estimate of drug-likeness (QED) is 0.151. The van der Waals surface area contributed by atoms with Crippen LogP contribution in [0.4, 0.5) is 14.5 Å². The van der Waals surface area contributed by atoms with Gasteiger partial charge in [-0.05, 0) is 92.6 Å². The van der Waals surface area contributed by atoms with E-state index in [0.29, 0.717) is 18.0 Å². The van der Waals surface area contributed by atoms with Crippen LogP contribution >= 0.6 is 0 Å². The zero-order valence-corrected chi connectivity index (χ0v) is 27.0. The summed E-state index contributed by atoms with van der Waals surface area (Å²) in [6.45, 7) is 2.18. The van der Waals surface area contributed by atoms with Crippen LogP contribution in [0.1, 0.15) is 58.6 Å². The van der Waals surface area contributed by atoms with Gasteiger partial charge in [0.05, 0.1) is 17.6 Å². The van der Waals surface area contributed by atoms with Crippen molar-refractivity contribution in [2.75, 3.05) is 32.1 Å². The Bertz CT molecular complexity index is 2060. The molecule has 1 aliphatic rings. The predicted octanol–water partition coefficient (Wildman–Crippen LogP) is 5.65. The van der Waals surface area contributed by atoms with Gasteiger partial charge in [-0.15, -0.1) is 0 Å². The summed E-state index contributed by atoms with van der Waals surface area (Å²) in [5.41, 5.74) is 3.72. The molecule has 48 heavy (non-hydrogen) atoms. The van der Waals surface area contributed by atoms with Gasteiger partial charge in [-0.1, -0.05) is 30.0 Å². The van der Waals surface area contributed by atoms with Gasteiger partial charge in [-0.3, -0.25) is 9.59 Å². The molecule has 1 aliphatic heterocycles. The summed E-state index contributed by atoms with van der Waals surface area (Å²) in [6, 6.07) is 19.7. The highest BCUT2D eigenvalue weighted by atomic mass is 19.2. The molecule has 6 rings (SSSR count). The Labute approximate surface area is 278 Å². The van der Waals surface area contributed by atoms with Crippen molar-refractivity contribution in [3.63, 3.8) is 0 Å². The standard InChI is InChI=1S/C38H36F2N6O2/c1-44-19-16-31(17-20-44)45(2)30-11-7-27(8-12-30)23-37-41-24-29-21-26(10-14-35(29)43-37)5-3-4-6-36(47)32-15-18-42-46(38(32)48)25-28-9-13-33(39)34(40)22-28/h7-15,18,21-22,24,31H,4,6,16-17,19-20,23,25H2,1-2H3. The number of nitrogens with zero attached hydrogens (tertiary/aromatic N) is 6. The molecule has 0 unspecified atom stereocenters. The Morgan fingerprint density at radius 3 is 2.52 bits per heavy atom. The maximum absolute atomic E-state index is 13.6. The fourth-order valence-electron chi connectivity index (χ4n) is 5.92. The molecule has 244 valence electrons. The van der Waals surface area contributed by atoms with Crippen LogP contribution in [0.3, 0.4) is 0 Å². The van der Waals surface area contributed by atoms with Gasteiger partial charge in [0.15, 0.2) is 17.4 Å². The molecule has 0 atom stereocenters. The summed E-state index contributed by atoms with van der Waals surface area (Å²) in [6.07, 6.45) is 6.44. The van der Waals surface area contributed by atoms with Crippen LogP contribution in [0.15, 0.2) is 83.9 Å². The zero-order chi connectivity index (χ0) is 33.6. The summed E-state index contributed by atoms with van der Waals surface area (Å²) in [5.74, 6) is 4.48. The summed E-state index contributed by atoms with van der Waals surface area (Å²) < 4.78 is 27.9. The van der Waals surface area contributed by atoms with Gasteiger partial charge in [-0.2, -0.15) is 5.10 Å². The predicted molar refractivity (Wildman–Crippen MR) is 182 cm³/mol. The fourth-order valence-corrected chi connectivity index (χ4v) is 5.92. The van der Waals surface area contributed by atoms with E-state index in [4.69, 9.17) is 4.98 Å². The Balaban J connectivity index is 1.04. The number of fused-ring (bicyclic) bond motifs is 1. The summed E-state index contributed by atoms with van der Waals surface area (Å²) >= 11 is 0. The highest BCUT2D eigenvalue weighted by molar-refractivity contribution is 5.95. The maximum Gasteiger partial charge on any atom is 0.277 e. The first-order valence-electron chi connectivity index (χ1n) is 16.0. The van der Waals surface area contributed by atoms with E-state index in [0.717, 1.165) is 57.8 Å². The molecule has 0 N–H and O–H groups in total. The third kappa shape index (κ3) is 7.81. The molecular weight excluding hydrogens is 610 g/mol. The molecular formula is C38H36F2N6O2. The lowest BCUT2D eigenvalue weighted by atomic mass is 10.0. The molecule has 0 radical (unpaired) electrons. The summed E-state index contributed by atoms with van der Waals surface area (Å²) in [7, 11) is 4.36. The second kappa shape index (κ2) is 14.7. The number of rotatable bonds is 9. The van der Waals surface area contributed by atoms with Crippen molar-refractivity contribution in [1.29, 1.82) is 0 Å². The average molecular weight is 647 g/mol. The average Bonchev–Trinajstić information content (AvgIpc) is 3.09. The number of anilines is 1. The lowest BCUT2D eigenvalue weighted by Crippen LogP contribution is -2.41. The number of halogens is 2. The van der Waals surface area contributed by atoms with Crippen molar-refractivity contribution in [1.82, 2.24) is 24.6 Å². The number of Topliss-reactive ketones (excluding diaryl/α,β-unsaturated/α-hetero) is 1. The van der Waals surface area contributed by atoms with Gasteiger partial charge in [0, 0.05) is 61.4 Å². The van der Waals surface area contributed by atoms with Crippen LogP contribution in [-0.4, -0.2) is 63.7 Å². The summed E-state index contributed by atoms with van der Waals surface area (Å²) in [4.78, 5) is 39.8. The number of aromatic nitrogens is 4. The third-order valence-electron chi connectivity index (χ3n) is 8.81. The molecule has 3 heterocycles. The first-order chi connectivity index (χ1) is 23.2. The van der Waals surface area contributed by atoms with Gasteiger partial charge < -0.3 is 9.80 Å². The highest BCUT2D eigenvalue weighted by Gasteiger charge is 2.21. The normalized spacial score (nSPS) is 13.7. The van der Waals surface area contributed by atoms with Crippen molar-refractivity contribution in [3.8, 4) is 11.8 Å². The molecule has 10 heteroatoms. The third-order valence-corrected chi connectivity index (χ3v) is 8.81. The molecule has 0 amide bonds. The van der Waals surface area contributed by atoms with Crippen molar-refractivity contribution in [3.05, 3.63) is 129 Å². The molecule has 5 aromatic rings. The minimum atomic E-state index is -1.02. The minimum absolute atomic E-state index is 0.0241. The number of piperidine rings is 1. The number of hydrogen-bond donors (Lipinski definition) is 0. The van der Waals surface area contributed by atoms with Crippen LogP contribution in [0.25, 0.3) is 10.9 Å². The fraction of sp³-hybridized carbons (Fsp3) is 0.289. The smallest absolute Gasteiger partial charge is 0.277 e. The molecule has 0 bridgehead atoms. The molecule has 1 fully saturated rings. The van der Waals surface area contributed by atoms with E-state index in [1.54, 1.807) is 0 Å². The number of carbonyl (C=O) groups is 1. The van der Waals surface area contributed by atoms with E-state index in [2.05, 4.69) is 70.1 Å². The number of benzene rings is 3. The van der Waals surface area contributed by atoms with E-state index in [9.17, 15) is 18.4 Å². The topological polar surface area (TPSA) is 84.2 Å². The first-order valence-corrected chi connectivity index (χ1v) is 16.0. The SMILES string of the molecule is CN1CCC(N(C)c2ccc(Cc3ncc4cc(C#CCCC(=O)c5ccnn(Cc6ccc(F)c(F)c6)c5=O)ccc4n3)cc2)CC1. The lowest BCUT2D eigenvalue weighted by molar-refractivity contribution is 0.0982. The molecule has 0 spiro atoms. The Morgan fingerprint density at radius 2 is 1.75 bits per heavy atom. The molecule has 0 aliphatic carbocycles. The van der Waals surface area contributed by atoms with E-state index in [1.165, 1.54) is 36.9 Å². The van der Waals surface area contributed by atoms with Gasteiger partial charge in [0.2, 0.25) is 0 Å². The number of likely N-dealkylation sites (tertiary alicyclic amines) is 1. The van der Waals surface area contributed by atoms with Crippen LogP contribution in [0.5, 0.6) is 0 Å². The van der Waals surface area contributed by atoms with Crippen LogP contribution in [0.2, 0.25) is 0 Å². The second-order valence-electron chi connectivity index (χ2n) is 12.2. The van der Waals surface area contributed by atoms with Crippen molar-refractivity contribution >= 4 is 22.4 Å². The molecule has 0 saturated carbocycles. The minimum Gasteiger partial charge on any atom is -0.372 e. The van der Waals surface area contributed by atoms with Gasteiger partial charge in [-0.25, -0.2) is 23.4 Å². The van der Waals surface area contributed by atoms with E-state index in [-0.39, 0.29) is 30.7 Å². The summed E-state index contributed by atoms with van der Waals surface area (Å²) in [5, 5.41) is 4.85. The van der Waals surface area contributed by atoms with Gasteiger partial charge in [0.25, 0.3) is 5.56 Å². The molecule has 2 aromatic heterocycles. The number of ketones is 1. The van der Waals surface area contributed by atoms with Crippen LogP contribution < -0.4 is 10.5 Å². The number of hydrogen-bond acceptors (Lipinski definition) is 7. The Morgan fingerprint density at radius 1 is 0.979 bits per heavy atom. The second-order valence-corrected chi connectivity index (χ2v) is 12.2. The van der Waals surface area contributed by atoms with Crippen molar-refractivity contribution in [2.24, 2.45) is 0 Å². The Kier molecular flexibility index (Phi) is 9.97. The van der Waals surface area contributed by atoms with E-state index >= 15 is 0 Å². The maximum atomic E-state index is 13.6. The highest BCUT2D eigenvalue weighted by Crippen LogP contribution is 2.23. The molecule has 1 saturated heterocycles. The lowest BCUT2D eigenvalue weighted by Gasteiger charge is -2.36. The monoisotopic (exact) mass is 646 g/mol.